The summed E-state index contributed by atoms with van der Waals surface area (Å²) in [6.45, 7) is 1.91. The van der Waals surface area contributed by atoms with Crippen molar-refractivity contribution in [3.63, 3.8) is 0 Å². The minimum absolute atomic E-state index is 0.194. The first-order chi connectivity index (χ1) is 15.4. The largest absolute Gasteiger partial charge is 0.506 e. The van der Waals surface area contributed by atoms with Crippen LogP contribution in [0.3, 0.4) is 0 Å². The molecule has 160 valence electrons. The zero-order chi connectivity index (χ0) is 22.8. The molecule has 4 rings (SSSR count). The smallest absolute Gasteiger partial charge is 0.337 e. The first kappa shape index (κ1) is 21.6. The number of carbonyl (C=O) groups excluding carboxylic acids is 2. The monoisotopic (exact) mass is 489 g/mol. The SMILES string of the molecule is COC(=O)c1ccc(NC(=O)c2c(C)c(-c3ccccc3)cc3ccc(Br)cc23)c(O)c1. The van der Waals surface area contributed by atoms with E-state index < -0.39 is 5.97 Å². The van der Waals surface area contributed by atoms with Gasteiger partial charge in [0, 0.05) is 4.47 Å². The van der Waals surface area contributed by atoms with E-state index in [4.69, 9.17) is 0 Å². The third kappa shape index (κ3) is 4.09. The van der Waals surface area contributed by atoms with Crippen molar-refractivity contribution < 1.29 is 19.4 Å². The summed E-state index contributed by atoms with van der Waals surface area (Å²) in [6.07, 6.45) is 0. The second-order valence-electron chi connectivity index (χ2n) is 7.33. The number of methoxy groups -OCH3 is 1. The number of nitrogens with one attached hydrogen (secondary N) is 1. The molecule has 0 unspecified atom stereocenters. The summed E-state index contributed by atoms with van der Waals surface area (Å²) in [5.74, 6) is -1.14. The van der Waals surface area contributed by atoms with Crippen molar-refractivity contribution in [2.75, 3.05) is 12.4 Å². The van der Waals surface area contributed by atoms with E-state index >= 15 is 0 Å². The number of aromatic hydroxyl groups is 1. The molecule has 2 N–H and O–H groups in total. The zero-order valence-corrected chi connectivity index (χ0v) is 19.1. The van der Waals surface area contributed by atoms with Crippen molar-refractivity contribution in [1.82, 2.24) is 0 Å². The fraction of sp³-hybridized carbons (Fsp3) is 0.0769. The highest BCUT2D eigenvalue weighted by molar-refractivity contribution is 9.10. The Morgan fingerprint density at radius 2 is 1.72 bits per heavy atom. The van der Waals surface area contributed by atoms with Gasteiger partial charge in [-0.15, -0.1) is 0 Å². The van der Waals surface area contributed by atoms with Crippen LogP contribution in [0.2, 0.25) is 0 Å². The van der Waals surface area contributed by atoms with E-state index in [0.29, 0.717) is 5.56 Å². The zero-order valence-electron chi connectivity index (χ0n) is 17.5. The second kappa shape index (κ2) is 8.85. The third-order valence-corrected chi connectivity index (χ3v) is 5.84. The molecular weight excluding hydrogens is 470 g/mol. The van der Waals surface area contributed by atoms with E-state index in [1.165, 1.54) is 25.3 Å². The molecule has 32 heavy (non-hydrogen) atoms. The highest BCUT2D eigenvalue weighted by atomic mass is 79.9. The molecule has 0 spiro atoms. The van der Waals surface area contributed by atoms with Crippen molar-refractivity contribution >= 4 is 44.3 Å². The van der Waals surface area contributed by atoms with Crippen molar-refractivity contribution in [2.24, 2.45) is 0 Å². The fourth-order valence-corrected chi connectivity index (χ4v) is 4.11. The second-order valence-corrected chi connectivity index (χ2v) is 8.25. The lowest BCUT2D eigenvalue weighted by Gasteiger charge is -2.16. The Hall–Kier alpha value is -3.64. The number of phenolic OH excluding ortho intramolecular Hbond substituents is 1. The first-order valence-corrected chi connectivity index (χ1v) is 10.7. The van der Waals surface area contributed by atoms with Crippen LogP contribution in [-0.2, 0) is 4.74 Å². The number of amides is 1. The third-order valence-electron chi connectivity index (χ3n) is 5.34. The number of phenols is 1. The van der Waals surface area contributed by atoms with Crippen LogP contribution in [0.4, 0.5) is 5.69 Å². The van der Waals surface area contributed by atoms with Gasteiger partial charge >= 0.3 is 5.97 Å². The normalized spacial score (nSPS) is 10.7. The Morgan fingerprint density at radius 1 is 0.969 bits per heavy atom. The van der Waals surface area contributed by atoms with E-state index in [2.05, 4.69) is 32.0 Å². The number of rotatable bonds is 4. The lowest BCUT2D eigenvalue weighted by molar-refractivity contribution is 0.0600. The first-order valence-electron chi connectivity index (χ1n) is 9.90. The van der Waals surface area contributed by atoms with Gasteiger partial charge in [-0.3, -0.25) is 4.79 Å². The molecule has 0 radical (unpaired) electrons. The average Bonchev–Trinajstić information content (AvgIpc) is 2.80. The van der Waals surface area contributed by atoms with Crippen LogP contribution < -0.4 is 5.32 Å². The van der Waals surface area contributed by atoms with Crippen molar-refractivity contribution in [3.05, 3.63) is 94.0 Å². The molecule has 0 saturated heterocycles. The molecule has 4 aromatic carbocycles. The molecule has 0 aliphatic rings. The molecular formula is C26H20BrNO4. The van der Waals surface area contributed by atoms with Crippen LogP contribution in [0.25, 0.3) is 21.9 Å². The number of carbonyl (C=O) groups is 2. The number of ether oxygens (including phenoxy) is 1. The maximum absolute atomic E-state index is 13.4. The van der Waals surface area contributed by atoms with Crippen LogP contribution in [0.1, 0.15) is 26.3 Å². The summed E-state index contributed by atoms with van der Waals surface area (Å²) in [5.41, 5.74) is 3.70. The number of esters is 1. The van der Waals surface area contributed by atoms with Gasteiger partial charge < -0.3 is 15.2 Å². The molecule has 1 amide bonds. The molecule has 0 aliphatic heterocycles. The van der Waals surface area contributed by atoms with Gasteiger partial charge in [0.1, 0.15) is 5.75 Å². The molecule has 0 heterocycles. The molecule has 5 nitrogen and oxygen atoms in total. The van der Waals surface area contributed by atoms with Gasteiger partial charge in [0.2, 0.25) is 0 Å². The minimum atomic E-state index is -0.569. The van der Waals surface area contributed by atoms with Gasteiger partial charge in [0.05, 0.1) is 23.9 Å². The van der Waals surface area contributed by atoms with Gasteiger partial charge in [-0.25, -0.2) is 4.79 Å². The Morgan fingerprint density at radius 3 is 2.41 bits per heavy atom. The summed E-state index contributed by atoms with van der Waals surface area (Å²) in [6, 6.07) is 22.0. The van der Waals surface area contributed by atoms with Crippen LogP contribution in [0, 0.1) is 6.92 Å². The lowest BCUT2D eigenvalue weighted by Crippen LogP contribution is -2.15. The number of anilines is 1. The van der Waals surface area contributed by atoms with Crippen molar-refractivity contribution in [2.45, 2.75) is 6.92 Å². The van der Waals surface area contributed by atoms with Crippen molar-refractivity contribution in [3.8, 4) is 16.9 Å². The van der Waals surface area contributed by atoms with E-state index in [0.717, 1.165) is 31.9 Å². The Kier molecular flexibility index (Phi) is 5.97. The Bertz CT molecular complexity index is 1350. The predicted molar refractivity (Wildman–Crippen MR) is 129 cm³/mol. The topological polar surface area (TPSA) is 75.6 Å². The maximum Gasteiger partial charge on any atom is 0.337 e. The molecule has 0 fully saturated rings. The summed E-state index contributed by atoms with van der Waals surface area (Å²) in [4.78, 5) is 25.1. The molecule has 6 heteroatoms. The lowest BCUT2D eigenvalue weighted by atomic mass is 9.91. The number of halogens is 1. The molecule has 0 atom stereocenters. The molecule has 0 bridgehead atoms. The van der Waals surface area contributed by atoms with E-state index in [-0.39, 0.29) is 22.9 Å². The molecule has 0 aliphatic carbocycles. The van der Waals surface area contributed by atoms with Crippen LogP contribution in [0.5, 0.6) is 5.75 Å². The standard InChI is InChI=1S/C26H20BrNO4/c1-15-20(16-6-4-3-5-7-16)12-17-8-10-19(27)14-21(17)24(15)25(30)28-22-11-9-18(13-23(22)29)26(31)32-2/h3-14,29H,1-2H3,(H,28,30). The molecule has 4 aromatic rings. The number of fused-ring (bicyclic) bond motifs is 1. The van der Waals surface area contributed by atoms with Gasteiger partial charge in [0.15, 0.2) is 0 Å². The Labute approximate surface area is 193 Å². The van der Waals surface area contributed by atoms with Gasteiger partial charge in [-0.2, -0.15) is 0 Å². The van der Waals surface area contributed by atoms with Gasteiger partial charge in [-0.05, 0) is 70.8 Å². The van der Waals surface area contributed by atoms with Crippen molar-refractivity contribution in [1.29, 1.82) is 0 Å². The van der Waals surface area contributed by atoms with E-state index in [1.54, 1.807) is 0 Å². The fourth-order valence-electron chi connectivity index (χ4n) is 3.75. The molecule has 0 saturated carbocycles. The van der Waals surface area contributed by atoms with Crippen LogP contribution >= 0.6 is 15.9 Å². The van der Waals surface area contributed by atoms with Gasteiger partial charge in [-0.1, -0.05) is 52.3 Å². The minimum Gasteiger partial charge on any atom is -0.506 e. The number of hydrogen-bond donors (Lipinski definition) is 2. The van der Waals surface area contributed by atoms with Crippen LogP contribution in [-0.4, -0.2) is 24.1 Å². The predicted octanol–water partition coefficient (Wildman–Crippen LogP) is 6.32. The summed E-state index contributed by atoms with van der Waals surface area (Å²) >= 11 is 3.49. The van der Waals surface area contributed by atoms with E-state index in [1.807, 2.05) is 55.5 Å². The van der Waals surface area contributed by atoms with Crippen LogP contribution in [0.15, 0.2) is 77.3 Å². The maximum atomic E-state index is 13.4. The highest BCUT2D eigenvalue weighted by Crippen LogP contribution is 2.35. The summed E-state index contributed by atoms with van der Waals surface area (Å²) < 4.78 is 5.53. The number of hydrogen-bond acceptors (Lipinski definition) is 4. The average molecular weight is 490 g/mol. The molecule has 0 aromatic heterocycles. The highest BCUT2D eigenvalue weighted by Gasteiger charge is 2.20. The summed E-state index contributed by atoms with van der Waals surface area (Å²) in [7, 11) is 1.26. The number of benzene rings is 4. The quantitative estimate of drug-likeness (QED) is 0.259. The van der Waals surface area contributed by atoms with Gasteiger partial charge in [0.25, 0.3) is 5.91 Å². The Balaban J connectivity index is 1.82. The summed E-state index contributed by atoms with van der Waals surface area (Å²) in [5, 5.41) is 14.9. The van der Waals surface area contributed by atoms with E-state index in [9.17, 15) is 14.7 Å².